The Morgan fingerprint density at radius 3 is 2.31 bits per heavy atom. The first kappa shape index (κ1) is 47.5. The highest BCUT2D eigenvalue weighted by Crippen LogP contribution is 2.40. The zero-order chi connectivity index (χ0) is 45.0. The van der Waals surface area contributed by atoms with Crippen molar-refractivity contribution in [1.82, 2.24) is 30.6 Å². The van der Waals surface area contributed by atoms with Gasteiger partial charge in [0.05, 0.1) is 24.0 Å². The maximum Gasteiger partial charge on any atom is 0.422 e. The molecule has 17 nitrogen and oxygen atoms in total. The van der Waals surface area contributed by atoms with E-state index in [2.05, 4.69) is 20.7 Å². The second kappa shape index (κ2) is 19.7. The van der Waals surface area contributed by atoms with Crippen molar-refractivity contribution in [3.63, 3.8) is 0 Å². The molecule has 2 aromatic rings. The standard InChI is InChI=1S/C44H64N6O11/c1-12-33-44(8)37(47-41(55)61-44)26(4)34(51)24(2)22-43(7,60-42(56)48-50(11)20-17-29-13-15-30(16-14-29)31-23-45-18-19-46-31)38(27(5)35(52)28(6)39(54)58-33)59-40-36(53)32(49(9)10)21-25(3)57-40/h13-16,18-19,23-28,32-33,36-38,40,53H,12,17,20-22H2,1-11H3,(H,47,55)(H,48,56)/t24-,25-,26+,27+,28-,32+,33-,36-,37-,38-,40+,43-,44-/m1/s1. The number of ether oxygens (including phenoxy) is 5. The Bertz CT molecular complexity index is 1870. The number of aromatic nitrogens is 2. The highest BCUT2D eigenvalue weighted by Gasteiger charge is 2.57. The monoisotopic (exact) mass is 852 g/mol. The number of likely N-dealkylation sites (N-methyl/N-ethyl adjacent to an activating group) is 2. The molecule has 4 heterocycles. The van der Waals surface area contributed by atoms with Crippen LogP contribution in [0.3, 0.4) is 0 Å². The van der Waals surface area contributed by atoms with Crippen molar-refractivity contribution in [2.45, 2.75) is 135 Å². The van der Waals surface area contributed by atoms with E-state index < -0.39 is 89.5 Å². The number of hydrogen-bond acceptors (Lipinski definition) is 15. The number of carbonyl (C=O) groups excluding carboxylic acids is 5. The molecule has 5 rings (SSSR count). The predicted octanol–water partition coefficient (Wildman–Crippen LogP) is 4.10. The number of fused-ring (bicyclic) bond motifs is 1. The molecule has 0 unspecified atom stereocenters. The summed E-state index contributed by atoms with van der Waals surface area (Å²) in [6.07, 6.45) is -0.797. The predicted molar refractivity (Wildman–Crippen MR) is 222 cm³/mol. The highest BCUT2D eigenvalue weighted by molar-refractivity contribution is 6.00. The van der Waals surface area contributed by atoms with Gasteiger partial charge in [-0.1, -0.05) is 52.0 Å². The topological polar surface area (TPSA) is 208 Å². The second-order valence-electron chi connectivity index (χ2n) is 17.6. The van der Waals surface area contributed by atoms with Crippen LogP contribution < -0.4 is 10.7 Å². The zero-order valence-electron chi connectivity index (χ0n) is 37.2. The van der Waals surface area contributed by atoms with E-state index in [9.17, 15) is 29.1 Å². The third kappa shape index (κ3) is 10.7. The first-order chi connectivity index (χ1) is 28.7. The summed E-state index contributed by atoms with van der Waals surface area (Å²) in [5, 5.41) is 15.9. The number of benzene rings is 1. The number of Topliss-reactive ketones (excluding diaryl/α,β-unsaturated/α-hetero) is 2. The third-order valence-electron chi connectivity index (χ3n) is 12.6. The first-order valence-corrected chi connectivity index (χ1v) is 21.2. The SMILES string of the molecule is CC[C@H]1OC(=O)[C@H](C)C(=O)[C@H](C)[C@@H](O[C@@H]2O[C@H](C)C[C@H](N(C)C)[C@H]2O)[C@](C)(OC(=O)NN(C)CCc2ccc(-c3cnccn3)cc2)C[C@@H](C)C(=O)[C@H](C)[C@H]2NC(=O)O[C@@]21C. The fourth-order valence-electron chi connectivity index (χ4n) is 9.12. The number of carbonyl (C=O) groups is 5. The Hall–Kier alpha value is -4.55. The number of rotatable bonds is 10. The number of amides is 2. The van der Waals surface area contributed by atoms with E-state index in [1.165, 1.54) is 6.92 Å². The fraction of sp³-hybridized carbons (Fsp3) is 0.659. The van der Waals surface area contributed by atoms with Crippen molar-refractivity contribution in [3.8, 4) is 11.3 Å². The van der Waals surface area contributed by atoms with Gasteiger partial charge in [-0.2, -0.15) is 0 Å². The van der Waals surface area contributed by atoms with Gasteiger partial charge in [0.25, 0.3) is 0 Å². The molecule has 3 aliphatic heterocycles. The smallest absolute Gasteiger partial charge is 0.422 e. The molecule has 3 aliphatic rings. The molecule has 0 aliphatic carbocycles. The molecule has 1 aromatic carbocycles. The Balaban J connectivity index is 1.47. The van der Waals surface area contributed by atoms with E-state index >= 15 is 0 Å². The van der Waals surface area contributed by atoms with Gasteiger partial charge in [0.1, 0.15) is 35.6 Å². The van der Waals surface area contributed by atoms with Crippen molar-refractivity contribution in [1.29, 1.82) is 0 Å². The molecule has 61 heavy (non-hydrogen) atoms. The number of hydrazine groups is 1. The van der Waals surface area contributed by atoms with Crippen LogP contribution in [0.15, 0.2) is 42.9 Å². The minimum Gasteiger partial charge on any atom is -0.458 e. The molecular weight excluding hydrogens is 789 g/mol. The van der Waals surface area contributed by atoms with Crippen molar-refractivity contribution in [2.24, 2.45) is 23.7 Å². The summed E-state index contributed by atoms with van der Waals surface area (Å²) >= 11 is 0. The average molecular weight is 853 g/mol. The number of nitrogens with one attached hydrogen (secondary N) is 2. The lowest BCUT2D eigenvalue weighted by Gasteiger charge is -2.47. The van der Waals surface area contributed by atoms with E-state index in [1.807, 2.05) is 50.2 Å². The lowest BCUT2D eigenvalue weighted by Crippen LogP contribution is -2.61. The molecule has 0 radical (unpaired) electrons. The Morgan fingerprint density at radius 1 is 1.00 bits per heavy atom. The maximum atomic E-state index is 14.5. The summed E-state index contributed by atoms with van der Waals surface area (Å²) in [5.41, 5.74) is 2.22. The van der Waals surface area contributed by atoms with Crippen LogP contribution in [0, 0.1) is 23.7 Å². The number of cyclic esters (lactones) is 1. The Kier molecular flexibility index (Phi) is 15.3. The van der Waals surface area contributed by atoms with Crippen molar-refractivity contribution < 1.29 is 52.8 Å². The van der Waals surface area contributed by atoms with Crippen LogP contribution in [0.25, 0.3) is 11.3 Å². The minimum atomic E-state index is -1.76. The van der Waals surface area contributed by atoms with E-state index in [0.29, 0.717) is 19.4 Å². The van der Waals surface area contributed by atoms with Gasteiger partial charge in [0.15, 0.2) is 17.7 Å². The highest BCUT2D eigenvalue weighted by atomic mass is 16.7. The van der Waals surface area contributed by atoms with Crippen LogP contribution in [0.4, 0.5) is 9.59 Å². The van der Waals surface area contributed by atoms with Crippen LogP contribution >= 0.6 is 0 Å². The molecule has 17 heteroatoms. The third-order valence-corrected chi connectivity index (χ3v) is 12.6. The molecule has 1 aromatic heterocycles. The fourth-order valence-corrected chi connectivity index (χ4v) is 9.12. The van der Waals surface area contributed by atoms with E-state index in [-0.39, 0.29) is 30.8 Å². The van der Waals surface area contributed by atoms with Crippen LogP contribution in [-0.4, -0.2) is 136 Å². The normalized spacial score (nSPS) is 35.1. The summed E-state index contributed by atoms with van der Waals surface area (Å²) in [5.74, 6) is -5.99. The molecular formula is C44H64N6O11. The molecule has 2 amide bonds. The molecule has 3 N–H and O–H groups in total. The van der Waals surface area contributed by atoms with Gasteiger partial charge in [-0.05, 0) is 73.0 Å². The van der Waals surface area contributed by atoms with Crippen LogP contribution in [0.2, 0.25) is 0 Å². The van der Waals surface area contributed by atoms with Gasteiger partial charge in [-0.25, -0.2) is 14.6 Å². The van der Waals surface area contributed by atoms with E-state index in [1.54, 1.807) is 72.2 Å². The summed E-state index contributed by atoms with van der Waals surface area (Å²) < 4.78 is 30.8. The number of aliphatic hydroxyl groups is 1. The first-order valence-electron chi connectivity index (χ1n) is 21.2. The van der Waals surface area contributed by atoms with Gasteiger partial charge in [0, 0.05) is 55.3 Å². The van der Waals surface area contributed by atoms with Gasteiger partial charge >= 0.3 is 18.2 Å². The quantitative estimate of drug-likeness (QED) is 0.133. The molecule has 3 saturated heterocycles. The maximum absolute atomic E-state index is 14.5. The molecule has 3 fully saturated rings. The Labute approximate surface area is 358 Å². The number of aliphatic hydroxyl groups excluding tert-OH is 1. The average Bonchev–Trinajstić information content (AvgIpc) is 3.54. The summed E-state index contributed by atoms with van der Waals surface area (Å²) in [6, 6.07) is 6.56. The minimum absolute atomic E-state index is 0.155. The summed E-state index contributed by atoms with van der Waals surface area (Å²) in [6.45, 7) is 13.5. The van der Waals surface area contributed by atoms with Crippen LogP contribution in [0.5, 0.6) is 0 Å². The molecule has 0 saturated carbocycles. The van der Waals surface area contributed by atoms with Gasteiger partial charge in [-0.3, -0.25) is 29.8 Å². The van der Waals surface area contributed by atoms with Gasteiger partial charge in [0.2, 0.25) is 0 Å². The lowest BCUT2D eigenvalue weighted by atomic mass is 9.73. The van der Waals surface area contributed by atoms with Crippen molar-refractivity contribution >= 4 is 29.7 Å². The lowest BCUT2D eigenvalue weighted by molar-refractivity contribution is -0.292. The molecule has 0 bridgehead atoms. The van der Waals surface area contributed by atoms with Crippen LogP contribution in [-0.2, 0) is 44.5 Å². The Morgan fingerprint density at radius 2 is 1.69 bits per heavy atom. The largest absolute Gasteiger partial charge is 0.458 e. The summed E-state index contributed by atoms with van der Waals surface area (Å²) in [4.78, 5) is 80.0. The van der Waals surface area contributed by atoms with E-state index in [0.717, 1.165) is 16.8 Å². The van der Waals surface area contributed by atoms with Crippen LogP contribution in [0.1, 0.15) is 80.2 Å². The zero-order valence-corrected chi connectivity index (χ0v) is 37.2. The number of nitrogens with zero attached hydrogens (tertiary/aromatic N) is 4. The number of hydrogen-bond donors (Lipinski definition) is 3. The number of esters is 1. The molecule has 0 spiro atoms. The number of ketones is 2. The number of alkyl carbamates (subject to hydrolysis) is 1. The second-order valence-corrected chi connectivity index (χ2v) is 17.6. The van der Waals surface area contributed by atoms with Gasteiger partial charge in [-0.15, -0.1) is 0 Å². The van der Waals surface area contributed by atoms with Crippen molar-refractivity contribution in [3.05, 3.63) is 48.4 Å². The summed E-state index contributed by atoms with van der Waals surface area (Å²) in [7, 11) is 5.33. The molecule has 336 valence electrons. The van der Waals surface area contributed by atoms with Gasteiger partial charge < -0.3 is 39.0 Å². The van der Waals surface area contributed by atoms with E-state index in [4.69, 9.17) is 23.7 Å². The molecule has 13 atom stereocenters. The van der Waals surface area contributed by atoms with Crippen molar-refractivity contribution in [2.75, 3.05) is 27.7 Å².